The second-order valence-electron chi connectivity index (χ2n) is 6.23. The molecule has 2 aromatic rings. The van der Waals surface area contributed by atoms with Crippen LogP contribution in [0.15, 0.2) is 42.6 Å². The minimum atomic E-state index is -0.106. The number of anilines is 1. The van der Waals surface area contributed by atoms with Crippen LogP contribution in [-0.2, 0) is 6.54 Å². The fourth-order valence-electron chi connectivity index (χ4n) is 2.77. The van der Waals surface area contributed by atoms with Gasteiger partial charge in [0.1, 0.15) is 11.6 Å². The van der Waals surface area contributed by atoms with E-state index in [0.29, 0.717) is 12.1 Å². The van der Waals surface area contributed by atoms with Crippen LogP contribution < -0.4 is 15.0 Å². The van der Waals surface area contributed by atoms with Crippen LogP contribution in [0.25, 0.3) is 0 Å². The number of pyridine rings is 1. The number of ether oxygens (including phenoxy) is 1. The van der Waals surface area contributed by atoms with E-state index in [1.165, 1.54) is 0 Å². The van der Waals surface area contributed by atoms with Gasteiger partial charge in [-0.05, 0) is 42.9 Å². The van der Waals surface area contributed by atoms with Gasteiger partial charge in [0, 0.05) is 44.5 Å². The summed E-state index contributed by atoms with van der Waals surface area (Å²) in [6, 6.07) is 11.1. The van der Waals surface area contributed by atoms with E-state index in [1.807, 2.05) is 18.3 Å². The van der Waals surface area contributed by atoms with Crippen LogP contribution in [0.3, 0.4) is 0 Å². The van der Waals surface area contributed by atoms with Crippen molar-refractivity contribution in [1.82, 2.24) is 15.2 Å². The zero-order valence-corrected chi connectivity index (χ0v) is 14.7. The molecule has 132 valence electrons. The second kappa shape index (κ2) is 7.98. The fraction of sp³-hybridized carbons (Fsp3) is 0.368. The SMILES string of the molecule is COc1ccc(C(=O)NCc2ccc(N3CCN(C)CC3)nc2)cc1. The lowest BCUT2D eigenvalue weighted by atomic mass is 10.2. The molecular weight excluding hydrogens is 316 g/mol. The number of nitrogens with zero attached hydrogens (tertiary/aromatic N) is 3. The quantitative estimate of drug-likeness (QED) is 0.899. The van der Waals surface area contributed by atoms with Gasteiger partial charge in [-0.3, -0.25) is 4.79 Å². The molecule has 0 aliphatic carbocycles. The third-order valence-electron chi connectivity index (χ3n) is 4.44. The zero-order chi connectivity index (χ0) is 17.6. The zero-order valence-electron chi connectivity index (χ0n) is 14.7. The summed E-state index contributed by atoms with van der Waals surface area (Å²) in [5, 5.41) is 2.92. The van der Waals surface area contributed by atoms with E-state index in [1.54, 1.807) is 31.4 Å². The van der Waals surface area contributed by atoms with Crippen molar-refractivity contribution < 1.29 is 9.53 Å². The summed E-state index contributed by atoms with van der Waals surface area (Å²) in [6.07, 6.45) is 1.84. The summed E-state index contributed by atoms with van der Waals surface area (Å²) in [4.78, 5) is 21.3. The predicted molar refractivity (Wildman–Crippen MR) is 98.1 cm³/mol. The number of benzene rings is 1. The largest absolute Gasteiger partial charge is 0.497 e. The van der Waals surface area contributed by atoms with Gasteiger partial charge in [-0.15, -0.1) is 0 Å². The van der Waals surface area contributed by atoms with E-state index in [0.717, 1.165) is 43.3 Å². The van der Waals surface area contributed by atoms with Crippen molar-refractivity contribution >= 4 is 11.7 Å². The van der Waals surface area contributed by atoms with Crippen molar-refractivity contribution in [1.29, 1.82) is 0 Å². The van der Waals surface area contributed by atoms with E-state index >= 15 is 0 Å². The molecule has 25 heavy (non-hydrogen) atoms. The van der Waals surface area contributed by atoms with Gasteiger partial charge in [-0.25, -0.2) is 4.98 Å². The van der Waals surface area contributed by atoms with Gasteiger partial charge in [0.25, 0.3) is 5.91 Å². The van der Waals surface area contributed by atoms with E-state index < -0.39 is 0 Å². The molecular formula is C19H24N4O2. The van der Waals surface area contributed by atoms with Crippen molar-refractivity contribution in [2.24, 2.45) is 0 Å². The van der Waals surface area contributed by atoms with Gasteiger partial charge in [-0.2, -0.15) is 0 Å². The van der Waals surface area contributed by atoms with Gasteiger partial charge < -0.3 is 19.9 Å². The first-order chi connectivity index (χ1) is 12.2. The maximum absolute atomic E-state index is 12.2. The average Bonchev–Trinajstić information content (AvgIpc) is 2.67. The lowest BCUT2D eigenvalue weighted by Gasteiger charge is -2.33. The molecule has 1 saturated heterocycles. The van der Waals surface area contributed by atoms with Crippen LogP contribution in [0, 0.1) is 0 Å². The van der Waals surface area contributed by atoms with E-state index in [2.05, 4.69) is 27.1 Å². The smallest absolute Gasteiger partial charge is 0.251 e. The Morgan fingerprint density at radius 3 is 2.44 bits per heavy atom. The highest BCUT2D eigenvalue weighted by Gasteiger charge is 2.15. The second-order valence-corrected chi connectivity index (χ2v) is 6.23. The molecule has 0 atom stereocenters. The maximum atomic E-state index is 12.2. The Hall–Kier alpha value is -2.60. The first-order valence-corrected chi connectivity index (χ1v) is 8.46. The Bertz CT molecular complexity index is 692. The van der Waals surface area contributed by atoms with Crippen LogP contribution >= 0.6 is 0 Å². The summed E-state index contributed by atoms with van der Waals surface area (Å²) in [5.74, 6) is 1.63. The lowest BCUT2D eigenvalue weighted by molar-refractivity contribution is 0.0951. The third kappa shape index (κ3) is 4.48. The summed E-state index contributed by atoms with van der Waals surface area (Å²) >= 11 is 0. The predicted octanol–water partition coefficient (Wildman–Crippen LogP) is 1.77. The van der Waals surface area contributed by atoms with Crippen LogP contribution in [0.5, 0.6) is 5.75 Å². The molecule has 1 fully saturated rings. The lowest BCUT2D eigenvalue weighted by Crippen LogP contribution is -2.44. The molecule has 3 rings (SSSR count). The molecule has 6 heteroatoms. The highest BCUT2D eigenvalue weighted by atomic mass is 16.5. The number of carbonyl (C=O) groups excluding carboxylic acids is 1. The summed E-state index contributed by atoms with van der Waals surface area (Å²) in [6.45, 7) is 4.57. The molecule has 0 radical (unpaired) electrons. The number of aromatic nitrogens is 1. The first kappa shape index (κ1) is 17.2. The van der Waals surface area contributed by atoms with Crippen molar-refractivity contribution in [2.45, 2.75) is 6.54 Å². The molecule has 1 amide bonds. The number of carbonyl (C=O) groups is 1. The highest BCUT2D eigenvalue weighted by molar-refractivity contribution is 5.94. The van der Waals surface area contributed by atoms with Crippen molar-refractivity contribution in [2.75, 3.05) is 45.2 Å². The standard InChI is InChI=1S/C19H24N4O2/c1-22-9-11-23(12-10-22)18-8-3-15(13-20-18)14-21-19(24)16-4-6-17(25-2)7-5-16/h3-8,13H,9-12,14H2,1-2H3,(H,21,24). The number of likely N-dealkylation sites (N-methyl/N-ethyl adjacent to an activating group) is 1. The van der Waals surface area contributed by atoms with Crippen LogP contribution in [0.2, 0.25) is 0 Å². The van der Waals surface area contributed by atoms with E-state index in [4.69, 9.17) is 4.74 Å². The Labute approximate surface area is 148 Å². The number of methoxy groups -OCH3 is 1. The maximum Gasteiger partial charge on any atom is 0.251 e. The Balaban J connectivity index is 1.53. The number of amides is 1. The molecule has 1 aromatic heterocycles. The van der Waals surface area contributed by atoms with Gasteiger partial charge in [-0.1, -0.05) is 6.07 Å². The monoisotopic (exact) mass is 340 g/mol. The minimum absolute atomic E-state index is 0.106. The number of nitrogens with one attached hydrogen (secondary N) is 1. The number of hydrogen-bond acceptors (Lipinski definition) is 5. The normalized spacial score (nSPS) is 15.0. The Morgan fingerprint density at radius 2 is 1.84 bits per heavy atom. The van der Waals surface area contributed by atoms with Gasteiger partial charge in [0.15, 0.2) is 0 Å². The van der Waals surface area contributed by atoms with Crippen molar-refractivity contribution in [3.05, 3.63) is 53.7 Å². The van der Waals surface area contributed by atoms with Crippen LogP contribution in [0.1, 0.15) is 15.9 Å². The molecule has 1 aliphatic rings. The molecule has 1 aromatic carbocycles. The van der Waals surface area contributed by atoms with Crippen LogP contribution in [-0.4, -0.2) is 56.1 Å². The molecule has 0 bridgehead atoms. The summed E-state index contributed by atoms with van der Waals surface area (Å²) in [5.41, 5.74) is 1.60. The first-order valence-electron chi connectivity index (χ1n) is 8.46. The van der Waals surface area contributed by atoms with Crippen LogP contribution in [0.4, 0.5) is 5.82 Å². The van der Waals surface area contributed by atoms with Crippen molar-refractivity contribution in [3.63, 3.8) is 0 Å². The number of piperazine rings is 1. The molecule has 0 unspecified atom stereocenters. The van der Waals surface area contributed by atoms with Crippen molar-refractivity contribution in [3.8, 4) is 5.75 Å². The highest BCUT2D eigenvalue weighted by Crippen LogP contribution is 2.14. The van der Waals surface area contributed by atoms with E-state index in [-0.39, 0.29) is 5.91 Å². The Morgan fingerprint density at radius 1 is 1.12 bits per heavy atom. The van der Waals surface area contributed by atoms with Gasteiger partial charge in [0.05, 0.1) is 7.11 Å². The minimum Gasteiger partial charge on any atom is -0.497 e. The Kier molecular flexibility index (Phi) is 5.50. The number of rotatable bonds is 5. The van der Waals surface area contributed by atoms with Gasteiger partial charge >= 0.3 is 0 Å². The molecule has 6 nitrogen and oxygen atoms in total. The summed E-state index contributed by atoms with van der Waals surface area (Å²) < 4.78 is 5.10. The summed E-state index contributed by atoms with van der Waals surface area (Å²) in [7, 11) is 3.74. The fourth-order valence-corrected chi connectivity index (χ4v) is 2.77. The topological polar surface area (TPSA) is 57.7 Å². The molecule has 1 N–H and O–H groups in total. The molecule has 2 heterocycles. The third-order valence-corrected chi connectivity index (χ3v) is 4.44. The molecule has 0 spiro atoms. The van der Waals surface area contributed by atoms with Gasteiger partial charge in [0.2, 0.25) is 0 Å². The molecule has 0 saturated carbocycles. The number of hydrogen-bond donors (Lipinski definition) is 1. The molecule has 1 aliphatic heterocycles. The van der Waals surface area contributed by atoms with E-state index in [9.17, 15) is 4.79 Å². The average molecular weight is 340 g/mol.